The van der Waals surface area contributed by atoms with Gasteiger partial charge in [-0.15, -0.1) is 10.2 Å². The number of hydrogen-bond acceptors (Lipinski definition) is 7. The van der Waals surface area contributed by atoms with Gasteiger partial charge >= 0.3 is 0 Å². The molecular weight excluding hydrogens is 454 g/mol. The number of aromatic amines is 1. The molecule has 0 unspecified atom stereocenters. The van der Waals surface area contributed by atoms with E-state index in [0.29, 0.717) is 23.6 Å². The molecule has 2 aromatic heterocycles. The summed E-state index contributed by atoms with van der Waals surface area (Å²) in [5, 5.41) is 19.1. The van der Waals surface area contributed by atoms with Gasteiger partial charge in [-0.3, -0.25) is 4.79 Å². The Morgan fingerprint density at radius 3 is 2.61 bits per heavy atom. The van der Waals surface area contributed by atoms with Crippen molar-refractivity contribution < 1.29 is 4.79 Å². The number of unbranched alkanes of at least 4 members (excludes halogenated alkanes) is 1. The zero-order chi connectivity index (χ0) is 23.0. The summed E-state index contributed by atoms with van der Waals surface area (Å²) in [6, 6.07) is 16.3. The number of carbonyl (C=O) groups excluding carboxylic acids is 1. The minimum Gasteiger partial charge on any atom is -0.273 e. The number of tetrazole rings is 1. The van der Waals surface area contributed by atoms with Crippen LogP contribution in [0, 0.1) is 0 Å². The second-order valence-electron chi connectivity index (χ2n) is 7.33. The van der Waals surface area contributed by atoms with Gasteiger partial charge in [0.05, 0.1) is 6.54 Å². The standard InChI is InChI=1S/C23H25N7OS2/c1-3-5-10-20(31)24-22-30(27-23(33-22)32-4-2)15-16-11-13-17(14-12-16)18-8-6-7-9-19(18)21-25-28-29-26-21/h6-9,11-14H,3-5,10,15H2,1-2H3,(H,25,26,28,29). The van der Waals surface area contributed by atoms with Gasteiger partial charge < -0.3 is 0 Å². The van der Waals surface area contributed by atoms with Crippen LogP contribution in [-0.4, -0.2) is 42.1 Å². The van der Waals surface area contributed by atoms with Crippen molar-refractivity contribution in [3.8, 4) is 22.5 Å². The molecule has 0 radical (unpaired) electrons. The van der Waals surface area contributed by atoms with Crippen molar-refractivity contribution in [2.45, 2.75) is 44.0 Å². The summed E-state index contributed by atoms with van der Waals surface area (Å²) in [6.07, 6.45) is 2.30. The molecular formula is C23H25N7OS2. The number of benzene rings is 2. The molecule has 33 heavy (non-hydrogen) atoms. The van der Waals surface area contributed by atoms with Gasteiger partial charge in [-0.1, -0.05) is 91.9 Å². The van der Waals surface area contributed by atoms with Crippen molar-refractivity contribution in [1.29, 1.82) is 0 Å². The predicted molar refractivity (Wildman–Crippen MR) is 131 cm³/mol. The highest BCUT2D eigenvalue weighted by atomic mass is 32.2. The number of carbonyl (C=O) groups is 1. The summed E-state index contributed by atoms with van der Waals surface area (Å²) in [7, 11) is 0. The number of amides is 1. The summed E-state index contributed by atoms with van der Waals surface area (Å²) in [5.41, 5.74) is 4.09. The predicted octanol–water partition coefficient (Wildman–Crippen LogP) is 4.57. The summed E-state index contributed by atoms with van der Waals surface area (Å²) >= 11 is 3.13. The molecule has 0 spiro atoms. The Kier molecular flexibility index (Phi) is 7.79. The topological polar surface area (TPSA) is 102 Å². The molecule has 10 heteroatoms. The van der Waals surface area contributed by atoms with Gasteiger partial charge in [-0.25, -0.2) is 4.68 Å². The largest absolute Gasteiger partial charge is 0.273 e. The Balaban J connectivity index is 1.59. The highest BCUT2D eigenvalue weighted by Gasteiger charge is 2.12. The molecule has 0 fully saturated rings. The van der Waals surface area contributed by atoms with Crippen LogP contribution in [0.1, 0.15) is 38.7 Å². The fourth-order valence-corrected chi connectivity index (χ4v) is 5.19. The number of rotatable bonds is 9. The molecule has 2 heterocycles. The SMILES string of the molecule is CCCCC(=O)N=c1sc(SCC)nn1Cc1ccc(-c2ccccc2-c2nn[nH]n2)cc1. The lowest BCUT2D eigenvalue weighted by Gasteiger charge is -2.08. The van der Waals surface area contributed by atoms with Crippen LogP contribution >= 0.6 is 23.1 Å². The molecule has 1 N–H and O–H groups in total. The van der Waals surface area contributed by atoms with Crippen molar-refractivity contribution in [2.24, 2.45) is 4.99 Å². The van der Waals surface area contributed by atoms with E-state index in [4.69, 9.17) is 0 Å². The quantitative estimate of drug-likeness (QED) is 0.353. The van der Waals surface area contributed by atoms with E-state index in [1.165, 1.54) is 11.3 Å². The highest BCUT2D eigenvalue weighted by molar-refractivity contribution is 8.00. The summed E-state index contributed by atoms with van der Waals surface area (Å²) in [6.45, 7) is 4.71. The first-order chi connectivity index (χ1) is 16.2. The number of aromatic nitrogens is 6. The van der Waals surface area contributed by atoms with E-state index < -0.39 is 0 Å². The Hall–Kier alpha value is -3.11. The first-order valence-corrected chi connectivity index (χ1v) is 12.7. The lowest BCUT2D eigenvalue weighted by atomic mass is 9.98. The van der Waals surface area contributed by atoms with E-state index in [-0.39, 0.29) is 5.91 Å². The summed E-state index contributed by atoms with van der Waals surface area (Å²) in [5.74, 6) is 1.40. The van der Waals surface area contributed by atoms with E-state index in [0.717, 1.165) is 45.2 Å². The molecule has 4 aromatic rings. The lowest BCUT2D eigenvalue weighted by molar-refractivity contribution is -0.118. The Bertz CT molecular complexity index is 1260. The zero-order valence-corrected chi connectivity index (χ0v) is 20.2. The average molecular weight is 480 g/mol. The number of hydrogen-bond donors (Lipinski definition) is 1. The Morgan fingerprint density at radius 1 is 1.12 bits per heavy atom. The molecule has 0 aliphatic heterocycles. The third-order valence-corrected chi connectivity index (χ3v) is 6.91. The van der Waals surface area contributed by atoms with Crippen LogP contribution in [0.3, 0.4) is 0 Å². The van der Waals surface area contributed by atoms with Crippen molar-refractivity contribution in [3.63, 3.8) is 0 Å². The molecule has 0 bridgehead atoms. The smallest absolute Gasteiger partial charge is 0.248 e. The van der Waals surface area contributed by atoms with E-state index >= 15 is 0 Å². The molecule has 0 aliphatic rings. The van der Waals surface area contributed by atoms with E-state index in [1.807, 2.05) is 28.9 Å². The van der Waals surface area contributed by atoms with Crippen LogP contribution in [0.2, 0.25) is 0 Å². The molecule has 2 aromatic carbocycles. The number of H-pyrrole nitrogens is 1. The molecule has 1 amide bonds. The van der Waals surface area contributed by atoms with Crippen LogP contribution in [-0.2, 0) is 11.3 Å². The molecule has 0 aliphatic carbocycles. The Labute approximate surface area is 200 Å². The second kappa shape index (κ2) is 11.2. The third kappa shape index (κ3) is 5.82. The first-order valence-electron chi connectivity index (χ1n) is 10.9. The monoisotopic (exact) mass is 479 g/mol. The van der Waals surface area contributed by atoms with Gasteiger partial charge in [-0.05, 0) is 34.1 Å². The van der Waals surface area contributed by atoms with Gasteiger partial charge in [0, 0.05) is 12.0 Å². The van der Waals surface area contributed by atoms with Gasteiger partial charge in [0.25, 0.3) is 0 Å². The second-order valence-corrected chi connectivity index (χ2v) is 9.80. The minimum absolute atomic E-state index is 0.0873. The van der Waals surface area contributed by atoms with Gasteiger partial charge in [0.2, 0.25) is 16.5 Å². The maximum atomic E-state index is 12.2. The van der Waals surface area contributed by atoms with Crippen LogP contribution in [0.25, 0.3) is 22.5 Å². The van der Waals surface area contributed by atoms with E-state index in [9.17, 15) is 4.79 Å². The number of nitrogens with one attached hydrogen (secondary N) is 1. The molecule has 8 nitrogen and oxygen atoms in total. The van der Waals surface area contributed by atoms with Gasteiger partial charge in [0.1, 0.15) is 0 Å². The van der Waals surface area contributed by atoms with Crippen molar-refractivity contribution in [3.05, 3.63) is 58.9 Å². The normalized spacial score (nSPS) is 11.8. The minimum atomic E-state index is -0.0873. The number of thioether (sulfide) groups is 1. The van der Waals surface area contributed by atoms with E-state index in [1.54, 1.807) is 11.8 Å². The van der Waals surface area contributed by atoms with E-state index in [2.05, 4.69) is 68.8 Å². The fourth-order valence-electron chi connectivity index (χ4n) is 3.32. The van der Waals surface area contributed by atoms with Crippen LogP contribution in [0.4, 0.5) is 0 Å². The summed E-state index contributed by atoms with van der Waals surface area (Å²) < 4.78 is 2.75. The maximum Gasteiger partial charge on any atom is 0.248 e. The molecule has 0 saturated carbocycles. The lowest BCUT2D eigenvalue weighted by Crippen LogP contribution is -2.19. The van der Waals surface area contributed by atoms with Crippen molar-refractivity contribution in [2.75, 3.05) is 5.75 Å². The van der Waals surface area contributed by atoms with Crippen LogP contribution < -0.4 is 4.80 Å². The van der Waals surface area contributed by atoms with Crippen LogP contribution in [0.5, 0.6) is 0 Å². The molecule has 170 valence electrons. The number of nitrogens with zero attached hydrogens (tertiary/aromatic N) is 6. The van der Waals surface area contributed by atoms with Crippen molar-refractivity contribution >= 4 is 29.0 Å². The third-order valence-electron chi connectivity index (χ3n) is 4.94. The van der Waals surface area contributed by atoms with Gasteiger partial charge in [-0.2, -0.15) is 15.3 Å². The highest BCUT2D eigenvalue weighted by Crippen LogP contribution is 2.29. The Morgan fingerprint density at radius 2 is 1.91 bits per heavy atom. The molecule has 0 saturated heterocycles. The molecule has 4 rings (SSSR count). The maximum absolute atomic E-state index is 12.2. The van der Waals surface area contributed by atoms with Crippen LogP contribution in [0.15, 0.2) is 57.9 Å². The summed E-state index contributed by atoms with van der Waals surface area (Å²) in [4.78, 5) is 17.2. The fraction of sp³-hybridized carbons (Fsp3) is 0.304. The molecule has 0 atom stereocenters. The zero-order valence-electron chi connectivity index (χ0n) is 18.6. The van der Waals surface area contributed by atoms with Gasteiger partial charge in [0.15, 0.2) is 4.34 Å². The average Bonchev–Trinajstić information content (AvgIpc) is 3.49. The van der Waals surface area contributed by atoms with Crippen molar-refractivity contribution in [1.82, 2.24) is 30.4 Å². The first kappa shape index (κ1) is 23.1.